The van der Waals surface area contributed by atoms with Crippen LogP contribution >= 0.6 is 0 Å². The highest BCUT2D eigenvalue weighted by atomic mass is 16.7. The summed E-state index contributed by atoms with van der Waals surface area (Å²) in [5.74, 6) is 0. The second-order valence-electron chi connectivity index (χ2n) is 2.77. The molecule has 0 fully saturated rings. The SMILES string of the molecule is COC(OC)c1ccnc2ccnn12. The Balaban J connectivity index is 2.54. The van der Waals surface area contributed by atoms with Gasteiger partial charge in [-0.25, -0.2) is 9.50 Å². The Bertz CT molecular complexity index is 423. The average Bonchev–Trinajstić information content (AvgIpc) is 2.68. The summed E-state index contributed by atoms with van der Waals surface area (Å²) in [7, 11) is 3.17. The Kier molecular flexibility index (Phi) is 2.43. The summed E-state index contributed by atoms with van der Waals surface area (Å²) in [6.07, 6.45) is 2.98. The van der Waals surface area contributed by atoms with E-state index in [2.05, 4.69) is 10.1 Å². The number of nitrogens with zero attached hydrogens (tertiary/aromatic N) is 3. The van der Waals surface area contributed by atoms with Crippen molar-refractivity contribution in [2.45, 2.75) is 6.29 Å². The first kappa shape index (κ1) is 9.11. The smallest absolute Gasteiger partial charge is 0.200 e. The molecule has 0 aromatic carbocycles. The van der Waals surface area contributed by atoms with Crippen molar-refractivity contribution in [3.63, 3.8) is 0 Å². The van der Waals surface area contributed by atoms with E-state index in [1.54, 1.807) is 31.1 Å². The van der Waals surface area contributed by atoms with E-state index in [0.29, 0.717) is 0 Å². The van der Waals surface area contributed by atoms with Crippen LogP contribution in [0.4, 0.5) is 0 Å². The molecule has 5 heteroatoms. The molecular weight excluding hydrogens is 182 g/mol. The molecule has 0 N–H and O–H groups in total. The van der Waals surface area contributed by atoms with Crippen LogP contribution in [0.1, 0.15) is 12.0 Å². The van der Waals surface area contributed by atoms with Gasteiger partial charge in [0.05, 0.1) is 6.20 Å². The molecule has 2 heterocycles. The van der Waals surface area contributed by atoms with Gasteiger partial charge in [-0.2, -0.15) is 5.10 Å². The topological polar surface area (TPSA) is 48.7 Å². The fraction of sp³-hybridized carbons (Fsp3) is 0.333. The maximum Gasteiger partial charge on any atom is 0.200 e. The van der Waals surface area contributed by atoms with Crippen LogP contribution in [0.3, 0.4) is 0 Å². The molecule has 0 unspecified atom stereocenters. The second kappa shape index (κ2) is 3.73. The number of fused-ring (bicyclic) bond motifs is 1. The van der Waals surface area contributed by atoms with Crippen LogP contribution in [0, 0.1) is 0 Å². The molecule has 0 atom stereocenters. The molecule has 0 radical (unpaired) electrons. The Hall–Kier alpha value is -1.46. The highest BCUT2D eigenvalue weighted by Crippen LogP contribution is 2.16. The van der Waals surface area contributed by atoms with E-state index in [1.165, 1.54) is 0 Å². The summed E-state index contributed by atoms with van der Waals surface area (Å²) < 4.78 is 12.0. The molecule has 2 aromatic heterocycles. The maximum atomic E-state index is 5.15. The van der Waals surface area contributed by atoms with Gasteiger partial charge in [0.2, 0.25) is 6.29 Å². The van der Waals surface area contributed by atoms with Crippen molar-refractivity contribution < 1.29 is 9.47 Å². The van der Waals surface area contributed by atoms with Gasteiger partial charge in [0.25, 0.3) is 0 Å². The lowest BCUT2D eigenvalue weighted by Gasteiger charge is -2.13. The average molecular weight is 193 g/mol. The zero-order chi connectivity index (χ0) is 9.97. The van der Waals surface area contributed by atoms with Crippen LogP contribution in [0.15, 0.2) is 24.5 Å². The molecule has 0 saturated heterocycles. The van der Waals surface area contributed by atoms with Gasteiger partial charge in [-0.3, -0.25) is 0 Å². The minimum atomic E-state index is -0.416. The van der Waals surface area contributed by atoms with E-state index in [9.17, 15) is 0 Å². The second-order valence-corrected chi connectivity index (χ2v) is 2.77. The number of aromatic nitrogens is 3. The maximum absolute atomic E-state index is 5.15. The number of methoxy groups -OCH3 is 2. The van der Waals surface area contributed by atoms with Crippen LogP contribution in [-0.4, -0.2) is 28.8 Å². The molecular formula is C9H11N3O2. The first-order chi connectivity index (χ1) is 6.86. The molecule has 0 aliphatic carbocycles. The van der Waals surface area contributed by atoms with E-state index in [4.69, 9.17) is 9.47 Å². The van der Waals surface area contributed by atoms with Crippen LogP contribution < -0.4 is 0 Å². The van der Waals surface area contributed by atoms with Gasteiger partial charge in [0.1, 0.15) is 5.69 Å². The Morgan fingerprint density at radius 2 is 2.00 bits per heavy atom. The number of hydrogen-bond donors (Lipinski definition) is 0. The summed E-state index contributed by atoms with van der Waals surface area (Å²) in [4.78, 5) is 4.14. The van der Waals surface area contributed by atoms with E-state index in [0.717, 1.165) is 11.3 Å². The predicted octanol–water partition coefficient (Wildman–Crippen LogP) is 1.02. The third-order valence-corrected chi connectivity index (χ3v) is 1.99. The zero-order valence-corrected chi connectivity index (χ0v) is 8.04. The minimum absolute atomic E-state index is 0.416. The fourth-order valence-electron chi connectivity index (χ4n) is 1.37. The Labute approximate surface area is 81.3 Å². The van der Waals surface area contributed by atoms with Crippen molar-refractivity contribution in [1.29, 1.82) is 0 Å². The largest absolute Gasteiger partial charge is 0.350 e. The van der Waals surface area contributed by atoms with E-state index in [-0.39, 0.29) is 0 Å². The predicted molar refractivity (Wildman–Crippen MR) is 49.7 cm³/mol. The van der Waals surface area contributed by atoms with Crippen molar-refractivity contribution in [3.05, 3.63) is 30.2 Å². The highest BCUT2D eigenvalue weighted by Gasteiger charge is 2.13. The van der Waals surface area contributed by atoms with E-state index < -0.39 is 6.29 Å². The zero-order valence-electron chi connectivity index (χ0n) is 8.04. The molecule has 74 valence electrons. The Morgan fingerprint density at radius 3 is 2.71 bits per heavy atom. The summed E-state index contributed by atoms with van der Waals surface area (Å²) in [6.45, 7) is 0. The quantitative estimate of drug-likeness (QED) is 0.683. The lowest BCUT2D eigenvalue weighted by atomic mass is 10.4. The molecule has 14 heavy (non-hydrogen) atoms. The first-order valence-corrected chi connectivity index (χ1v) is 4.21. The third kappa shape index (κ3) is 1.36. The lowest BCUT2D eigenvalue weighted by molar-refractivity contribution is -0.109. The van der Waals surface area contributed by atoms with E-state index in [1.807, 2.05) is 12.1 Å². The molecule has 0 amide bonds. The van der Waals surface area contributed by atoms with Gasteiger partial charge < -0.3 is 9.47 Å². The summed E-state index contributed by atoms with van der Waals surface area (Å²) >= 11 is 0. The fourth-order valence-corrected chi connectivity index (χ4v) is 1.37. The van der Waals surface area contributed by atoms with Gasteiger partial charge in [0.15, 0.2) is 5.65 Å². The Morgan fingerprint density at radius 1 is 1.21 bits per heavy atom. The molecule has 0 saturated carbocycles. The first-order valence-electron chi connectivity index (χ1n) is 4.21. The summed E-state index contributed by atoms with van der Waals surface area (Å²) in [6, 6.07) is 3.64. The number of hydrogen-bond acceptors (Lipinski definition) is 4. The normalized spacial score (nSPS) is 11.4. The number of rotatable bonds is 3. The van der Waals surface area contributed by atoms with Gasteiger partial charge in [-0.15, -0.1) is 0 Å². The highest BCUT2D eigenvalue weighted by molar-refractivity contribution is 5.36. The van der Waals surface area contributed by atoms with Crippen LogP contribution in [0.25, 0.3) is 5.65 Å². The standard InChI is InChI=1S/C9H11N3O2/c1-13-9(14-2)7-3-5-10-8-4-6-11-12(7)8/h3-6,9H,1-2H3. The third-order valence-electron chi connectivity index (χ3n) is 1.99. The van der Waals surface area contributed by atoms with Gasteiger partial charge >= 0.3 is 0 Å². The monoisotopic (exact) mass is 193 g/mol. The van der Waals surface area contributed by atoms with Gasteiger partial charge in [-0.1, -0.05) is 0 Å². The number of ether oxygens (including phenoxy) is 2. The minimum Gasteiger partial charge on any atom is -0.350 e. The molecule has 2 rings (SSSR count). The molecule has 0 aliphatic heterocycles. The van der Waals surface area contributed by atoms with Crippen LogP contribution in [-0.2, 0) is 9.47 Å². The molecule has 0 bridgehead atoms. The van der Waals surface area contributed by atoms with Crippen molar-refractivity contribution in [2.24, 2.45) is 0 Å². The molecule has 0 spiro atoms. The lowest BCUT2D eigenvalue weighted by Crippen LogP contribution is -2.10. The van der Waals surface area contributed by atoms with Gasteiger partial charge in [0, 0.05) is 26.5 Å². The van der Waals surface area contributed by atoms with Crippen molar-refractivity contribution in [3.8, 4) is 0 Å². The molecule has 2 aromatic rings. The van der Waals surface area contributed by atoms with Crippen molar-refractivity contribution in [2.75, 3.05) is 14.2 Å². The van der Waals surface area contributed by atoms with Gasteiger partial charge in [-0.05, 0) is 6.07 Å². The summed E-state index contributed by atoms with van der Waals surface area (Å²) in [5, 5.41) is 4.13. The van der Waals surface area contributed by atoms with Crippen LogP contribution in [0.2, 0.25) is 0 Å². The summed E-state index contributed by atoms with van der Waals surface area (Å²) in [5.41, 5.74) is 1.60. The van der Waals surface area contributed by atoms with Crippen LogP contribution in [0.5, 0.6) is 0 Å². The van der Waals surface area contributed by atoms with E-state index >= 15 is 0 Å². The molecule has 5 nitrogen and oxygen atoms in total. The van der Waals surface area contributed by atoms with Crippen molar-refractivity contribution in [1.82, 2.24) is 14.6 Å². The van der Waals surface area contributed by atoms with Crippen molar-refractivity contribution >= 4 is 5.65 Å². The molecule has 0 aliphatic rings.